The first kappa shape index (κ1) is 17.2. The topological polar surface area (TPSA) is 111 Å². The molecule has 0 saturated heterocycles. The molecule has 21 heavy (non-hydrogen) atoms. The molecule has 0 aliphatic carbocycles. The van der Waals surface area contributed by atoms with E-state index in [2.05, 4.69) is 5.43 Å². The number of halogens is 1. The molecule has 9 heteroatoms. The third kappa shape index (κ3) is 4.28. The highest BCUT2D eigenvalue weighted by Gasteiger charge is 2.22. The van der Waals surface area contributed by atoms with E-state index in [1.54, 1.807) is 14.2 Å². The van der Waals surface area contributed by atoms with Gasteiger partial charge in [-0.1, -0.05) is 11.6 Å². The van der Waals surface area contributed by atoms with Crippen LogP contribution in [0.25, 0.3) is 0 Å². The Labute approximate surface area is 126 Å². The Balaban J connectivity index is 3.02. The van der Waals surface area contributed by atoms with Crippen LogP contribution in [0.4, 0.5) is 11.4 Å². The second kappa shape index (κ2) is 7.77. The molecule has 1 amide bonds. The summed E-state index contributed by atoms with van der Waals surface area (Å²) in [5.41, 5.74) is 1.92. The summed E-state index contributed by atoms with van der Waals surface area (Å²) in [7, 11) is 3.18. The first-order chi connectivity index (χ1) is 9.92. The molecule has 3 N–H and O–H groups in total. The lowest BCUT2D eigenvalue weighted by atomic mass is 10.1. The summed E-state index contributed by atoms with van der Waals surface area (Å²) in [5, 5.41) is 11.0. The summed E-state index contributed by atoms with van der Waals surface area (Å²) in [6.45, 7) is 0.990. The molecule has 0 spiro atoms. The number of hydrazine groups is 1. The minimum absolute atomic E-state index is 0.0142. The van der Waals surface area contributed by atoms with Gasteiger partial charge < -0.3 is 15.1 Å². The molecule has 0 bridgehead atoms. The second-order valence-electron chi connectivity index (χ2n) is 4.33. The van der Waals surface area contributed by atoms with Crippen LogP contribution >= 0.6 is 11.6 Å². The minimum Gasteiger partial charge on any atom is -0.385 e. The van der Waals surface area contributed by atoms with Crippen molar-refractivity contribution in [3.63, 3.8) is 0 Å². The predicted molar refractivity (Wildman–Crippen MR) is 79.4 cm³/mol. The number of methoxy groups -OCH3 is 1. The van der Waals surface area contributed by atoms with E-state index in [0.717, 1.165) is 6.07 Å². The van der Waals surface area contributed by atoms with Crippen LogP contribution in [0.2, 0.25) is 5.02 Å². The number of nitrogens with zero attached hydrogens (tertiary/aromatic N) is 2. The van der Waals surface area contributed by atoms with Crippen LogP contribution in [0.3, 0.4) is 0 Å². The van der Waals surface area contributed by atoms with E-state index in [1.165, 1.54) is 11.0 Å². The number of hydrogen-bond acceptors (Lipinski definition) is 6. The number of carbonyl (C=O) groups is 1. The van der Waals surface area contributed by atoms with Crippen molar-refractivity contribution in [1.82, 2.24) is 4.90 Å². The van der Waals surface area contributed by atoms with Crippen LogP contribution in [-0.4, -0.2) is 43.0 Å². The molecule has 0 heterocycles. The Hall–Kier alpha value is -1.90. The first-order valence-electron chi connectivity index (χ1n) is 6.11. The predicted octanol–water partition coefficient (Wildman–Crippen LogP) is 1.64. The molecule has 0 unspecified atom stereocenters. The number of ether oxygens (including phenoxy) is 1. The Morgan fingerprint density at radius 2 is 2.24 bits per heavy atom. The molecule has 1 rings (SSSR count). The summed E-state index contributed by atoms with van der Waals surface area (Å²) in [6.07, 6.45) is 0.664. The molecule has 0 aromatic heterocycles. The van der Waals surface area contributed by atoms with Crippen LogP contribution in [0.15, 0.2) is 12.1 Å². The Morgan fingerprint density at radius 3 is 2.76 bits per heavy atom. The third-order valence-electron chi connectivity index (χ3n) is 2.85. The molecular weight excluding hydrogens is 300 g/mol. The highest BCUT2D eigenvalue weighted by atomic mass is 35.5. The second-order valence-corrected chi connectivity index (χ2v) is 4.73. The van der Waals surface area contributed by atoms with E-state index >= 15 is 0 Å². The zero-order valence-corrected chi connectivity index (χ0v) is 12.5. The van der Waals surface area contributed by atoms with Crippen LogP contribution in [-0.2, 0) is 4.74 Å². The molecule has 1 aromatic rings. The van der Waals surface area contributed by atoms with Crippen molar-refractivity contribution < 1.29 is 14.5 Å². The number of nitrogen functional groups attached to an aromatic ring is 1. The number of nitrogens with two attached hydrogens (primary N) is 1. The van der Waals surface area contributed by atoms with Gasteiger partial charge in [0.1, 0.15) is 5.69 Å². The highest BCUT2D eigenvalue weighted by Crippen LogP contribution is 2.33. The zero-order valence-electron chi connectivity index (χ0n) is 11.8. The average molecular weight is 317 g/mol. The Kier molecular flexibility index (Phi) is 6.35. The first-order valence-corrected chi connectivity index (χ1v) is 6.49. The minimum atomic E-state index is -0.650. The van der Waals surface area contributed by atoms with Crippen molar-refractivity contribution in [3.8, 4) is 0 Å². The molecule has 0 radical (unpaired) electrons. The fraction of sp³-hybridized carbons (Fsp3) is 0.417. The SMILES string of the molecule is COCCCN(C)C(=O)c1cc(Cl)c(NN)c([N+](=O)[O-])c1. The number of nitro benzene ring substituents is 1. The smallest absolute Gasteiger partial charge is 0.295 e. The zero-order chi connectivity index (χ0) is 16.0. The van der Waals surface area contributed by atoms with E-state index in [9.17, 15) is 14.9 Å². The maximum Gasteiger partial charge on any atom is 0.295 e. The van der Waals surface area contributed by atoms with E-state index in [4.69, 9.17) is 22.2 Å². The van der Waals surface area contributed by atoms with E-state index in [1.807, 2.05) is 0 Å². The number of amides is 1. The number of rotatable bonds is 7. The normalized spacial score (nSPS) is 10.3. The van der Waals surface area contributed by atoms with Gasteiger partial charge in [0.2, 0.25) is 0 Å². The summed E-state index contributed by atoms with van der Waals surface area (Å²) >= 11 is 5.92. The lowest BCUT2D eigenvalue weighted by molar-refractivity contribution is -0.384. The molecule has 8 nitrogen and oxygen atoms in total. The summed E-state index contributed by atoms with van der Waals surface area (Å²) in [5.74, 6) is 4.85. The molecular formula is C12H17ClN4O4. The standard InChI is InChI=1S/C12H17ClN4O4/c1-16(4-3-5-21-2)12(18)8-6-9(13)11(15-14)10(7-8)17(19)20/h6-7,15H,3-5,14H2,1-2H3. The van der Waals surface area contributed by atoms with Gasteiger partial charge in [-0.2, -0.15) is 0 Å². The van der Waals surface area contributed by atoms with Crippen LogP contribution in [0.1, 0.15) is 16.8 Å². The van der Waals surface area contributed by atoms with Crippen LogP contribution in [0, 0.1) is 10.1 Å². The molecule has 116 valence electrons. The third-order valence-corrected chi connectivity index (χ3v) is 3.14. The van der Waals surface area contributed by atoms with Gasteiger partial charge in [-0.3, -0.25) is 20.8 Å². The Bertz CT molecular complexity index is 538. The molecule has 0 fully saturated rings. The maximum absolute atomic E-state index is 12.2. The monoisotopic (exact) mass is 316 g/mol. The molecule has 0 aliphatic rings. The van der Waals surface area contributed by atoms with Crippen molar-refractivity contribution in [1.29, 1.82) is 0 Å². The number of benzene rings is 1. The lowest BCUT2D eigenvalue weighted by Crippen LogP contribution is -2.28. The number of hydrogen-bond donors (Lipinski definition) is 2. The van der Waals surface area contributed by atoms with Crippen LogP contribution < -0.4 is 11.3 Å². The average Bonchev–Trinajstić information content (AvgIpc) is 2.45. The lowest BCUT2D eigenvalue weighted by Gasteiger charge is -2.17. The number of carbonyl (C=O) groups excluding carboxylic acids is 1. The van der Waals surface area contributed by atoms with E-state index in [0.29, 0.717) is 19.6 Å². The van der Waals surface area contributed by atoms with E-state index in [-0.39, 0.29) is 27.9 Å². The van der Waals surface area contributed by atoms with Crippen molar-refractivity contribution in [2.75, 3.05) is 32.7 Å². The highest BCUT2D eigenvalue weighted by molar-refractivity contribution is 6.34. The number of nitrogens with one attached hydrogen (secondary N) is 1. The fourth-order valence-corrected chi connectivity index (χ4v) is 2.04. The van der Waals surface area contributed by atoms with Crippen molar-refractivity contribution in [2.24, 2.45) is 5.84 Å². The summed E-state index contributed by atoms with van der Waals surface area (Å²) in [6, 6.07) is 2.50. The van der Waals surface area contributed by atoms with Crippen molar-refractivity contribution >= 4 is 28.9 Å². The van der Waals surface area contributed by atoms with Gasteiger partial charge in [-0.25, -0.2) is 0 Å². The van der Waals surface area contributed by atoms with E-state index < -0.39 is 4.92 Å². The molecule has 1 aromatic carbocycles. The quantitative estimate of drug-likeness (QED) is 0.342. The Morgan fingerprint density at radius 1 is 1.57 bits per heavy atom. The molecule has 0 saturated carbocycles. The number of anilines is 1. The van der Waals surface area contributed by atoms with Gasteiger partial charge in [0, 0.05) is 38.9 Å². The maximum atomic E-state index is 12.2. The van der Waals surface area contributed by atoms with Crippen molar-refractivity contribution in [3.05, 3.63) is 32.8 Å². The molecule has 0 atom stereocenters. The summed E-state index contributed by atoms with van der Waals surface area (Å²) < 4.78 is 4.91. The summed E-state index contributed by atoms with van der Waals surface area (Å²) in [4.78, 5) is 24.0. The largest absolute Gasteiger partial charge is 0.385 e. The fourth-order valence-electron chi connectivity index (χ4n) is 1.77. The van der Waals surface area contributed by atoms with Crippen LogP contribution in [0.5, 0.6) is 0 Å². The van der Waals surface area contributed by atoms with Gasteiger partial charge in [0.25, 0.3) is 11.6 Å². The van der Waals surface area contributed by atoms with Gasteiger partial charge in [0.15, 0.2) is 0 Å². The van der Waals surface area contributed by atoms with Gasteiger partial charge in [-0.05, 0) is 12.5 Å². The van der Waals surface area contributed by atoms with Gasteiger partial charge in [0.05, 0.1) is 9.95 Å². The van der Waals surface area contributed by atoms with Gasteiger partial charge >= 0.3 is 0 Å². The molecule has 0 aliphatic heterocycles. The number of nitro groups is 1. The van der Waals surface area contributed by atoms with Gasteiger partial charge in [-0.15, -0.1) is 0 Å². The van der Waals surface area contributed by atoms with Crippen molar-refractivity contribution in [2.45, 2.75) is 6.42 Å².